The van der Waals surface area contributed by atoms with Crippen LogP contribution in [0.2, 0.25) is 0 Å². The van der Waals surface area contributed by atoms with Crippen molar-refractivity contribution in [2.75, 3.05) is 0 Å². The van der Waals surface area contributed by atoms with Gasteiger partial charge in [0, 0.05) is 6.20 Å². The van der Waals surface area contributed by atoms with Gasteiger partial charge in [0.25, 0.3) is 0 Å². The fourth-order valence-corrected chi connectivity index (χ4v) is 1.08. The van der Waals surface area contributed by atoms with Gasteiger partial charge in [0.1, 0.15) is 0 Å². The molecule has 1 unspecified atom stereocenters. The van der Waals surface area contributed by atoms with Gasteiger partial charge in [-0.05, 0) is 27.7 Å². The highest BCUT2D eigenvalue weighted by Crippen LogP contribution is 2.13. The Labute approximate surface area is 84.1 Å². The normalized spacial score (nSPS) is 14.1. The highest BCUT2D eigenvalue weighted by atomic mass is 16.1. The number of hydrogen-bond donors (Lipinski definition) is 1. The number of carbonyl (C=O) groups excluding carboxylic acids is 1. The van der Waals surface area contributed by atoms with Gasteiger partial charge in [0.15, 0.2) is 5.78 Å². The van der Waals surface area contributed by atoms with Crippen LogP contribution < -0.4 is 5.73 Å². The van der Waals surface area contributed by atoms with Gasteiger partial charge in [-0.15, -0.1) is 0 Å². The van der Waals surface area contributed by atoms with Crippen LogP contribution in [0.3, 0.4) is 0 Å². The van der Waals surface area contributed by atoms with Crippen molar-refractivity contribution in [1.29, 1.82) is 0 Å². The second-order valence-corrected chi connectivity index (χ2v) is 4.50. The van der Waals surface area contributed by atoms with Gasteiger partial charge >= 0.3 is 0 Å². The van der Waals surface area contributed by atoms with E-state index in [1.54, 1.807) is 24.0 Å². The van der Waals surface area contributed by atoms with E-state index >= 15 is 0 Å². The number of hydrogen-bond acceptors (Lipinski definition) is 3. The Morgan fingerprint density at radius 2 is 2.14 bits per heavy atom. The van der Waals surface area contributed by atoms with Crippen molar-refractivity contribution in [1.82, 2.24) is 9.78 Å². The lowest BCUT2D eigenvalue weighted by molar-refractivity contribution is 0.0968. The van der Waals surface area contributed by atoms with Crippen LogP contribution in [0.4, 0.5) is 0 Å². The van der Waals surface area contributed by atoms with Gasteiger partial charge < -0.3 is 5.73 Å². The first kappa shape index (κ1) is 10.9. The maximum Gasteiger partial charge on any atom is 0.182 e. The second kappa shape index (κ2) is 3.53. The number of rotatable bonds is 2. The third-order valence-corrected chi connectivity index (χ3v) is 1.97. The van der Waals surface area contributed by atoms with E-state index in [0.717, 1.165) is 0 Å². The van der Waals surface area contributed by atoms with Crippen molar-refractivity contribution in [3.8, 4) is 0 Å². The molecule has 0 aliphatic rings. The van der Waals surface area contributed by atoms with E-state index in [9.17, 15) is 4.79 Å². The standard InChI is InChI=1S/C10H17N3O/c1-7(11)9(14)8-5-12-13(6-8)10(2,3)4/h5-7H,11H2,1-4H3. The van der Waals surface area contributed by atoms with E-state index in [0.29, 0.717) is 5.56 Å². The minimum atomic E-state index is -0.465. The zero-order valence-electron chi connectivity index (χ0n) is 9.11. The molecule has 14 heavy (non-hydrogen) atoms. The van der Waals surface area contributed by atoms with E-state index in [1.165, 1.54) is 0 Å². The van der Waals surface area contributed by atoms with Crippen LogP contribution in [0.15, 0.2) is 12.4 Å². The smallest absolute Gasteiger partial charge is 0.182 e. The molecule has 0 radical (unpaired) electrons. The van der Waals surface area contributed by atoms with Crippen molar-refractivity contribution in [3.63, 3.8) is 0 Å². The molecule has 1 heterocycles. The van der Waals surface area contributed by atoms with Gasteiger partial charge in [-0.3, -0.25) is 9.48 Å². The number of aromatic nitrogens is 2. The zero-order valence-corrected chi connectivity index (χ0v) is 9.11. The van der Waals surface area contributed by atoms with Crippen LogP contribution >= 0.6 is 0 Å². The summed E-state index contributed by atoms with van der Waals surface area (Å²) in [7, 11) is 0. The molecule has 2 N–H and O–H groups in total. The quantitative estimate of drug-likeness (QED) is 0.720. The number of ketones is 1. The molecule has 1 aromatic rings. The molecular formula is C10H17N3O. The summed E-state index contributed by atoms with van der Waals surface area (Å²) in [6.07, 6.45) is 3.31. The predicted molar refractivity (Wildman–Crippen MR) is 55.2 cm³/mol. The molecule has 4 nitrogen and oxygen atoms in total. The van der Waals surface area contributed by atoms with Crippen molar-refractivity contribution in [2.24, 2.45) is 5.73 Å². The Bertz CT molecular complexity index is 333. The maximum atomic E-state index is 11.5. The van der Waals surface area contributed by atoms with Crippen LogP contribution in [-0.4, -0.2) is 21.6 Å². The van der Waals surface area contributed by atoms with Crippen LogP contribution in [0.5, 0.6) is 0 Å². The van der Waals surface area contributed by atoms with Crippen molar-refractivity contribution in [2.45, 2.75) is 39.3 Å². The summed E-state index contributed by atoms with van der Waals surface area (Å²) in [5.74, 6) is -0.0690. The van der Waals surface area contributed by atoms with Gasteiger partial charge in [-0.2, -0.15) is 5.10 Å². The summed E-state index contributed by atoms with van der Waals surface area (Å²) in [6.45, 7) is 7.76. The lowest BCUT2D eigenvalue weighted by Crippen LogP contribution is -2.26. The third kappa shape index (κ3) is 2.20. The van der Waals surface area contributed by atoms with Gasteiger partial charge in [0.05, 0.1) is 23.3 Å². The predicted octanol–water partition coefficient (Wildman–Crippen LogP) is 1.17. The summed E-state index contributed by atoms with van der Waals surface area (Å²) in [5.41, 5.74) is 5.98. The summed E-state index contributed by atoms with van der Waals surface area (Å²) >= 11 is 0. The average Bonchev–Trinajstić information content (AvgIpc) is 2.49. The van der Waals surface area contributed by atoms with Gasteiger partial charge in [-0.25, -0.2) is 0 Å². The number of carbonyl (C=O) groups is 1. The Balaban J connectivity index is 2.95. The first-order valence-electron chi connectivity index (χ1n) is 4.67. The Hall–Kier alpha value is -1.16. The minimum Gasteiger partial charge on any atom is -0.321 e. The molecule has 0 aliphatic carbocycles. The third-order valence-electron chi connectivity index (χ3n) is 1.97. The molecule has 0 aromatic carbocycles. The van der Waals surface area contributed by atoms with E-state index in [2.05, 4.69) is 5.10 Å². The van der Waals surface area contributed by atoms with Crippen molar-refractivity contribution >= 4 is 5.78 Å². The molecule has 1 atom stereocenters. The van der Waals surface area contributed by atoms with E-state index in [4.69, 9.17) is 5.73 Å². The first-order valence-corrected chi connectivity index (χ1v) is 4.67. The maximum absolute atomic E-state index is 11.5. The monoisotopic (exact) mass is 195 g/mol. The van der Waals surface area contributed by atoms with Gasteiger partial charge in [0.2, 0.25) is 0 Å². The molecule has 4 heteroatoms. The summed E-state index contributed by atoms with van der Waals surface area (Å²) in [6, 6.07) is -0.465. The largest absolute Gasteiger partial charge is 0.321 e. The molecule has 1 aromatic heterocycles. The summed E-state index contributed by atoms with van der Waals surface area (Å²) in [5, 5.41) is 4.13. The number of Topliss-reactive ketones (excluding diaryl/α,β-unsaturated/α-hetero) is 1. The molecule has 0 amide bonds. The minimum absolute atomic E-state index is 0.0690. The van der Waals surface area contributed by atoms with Crippen LogP contribution in [0, 0.1) is 0 Å². The van der Waals surface area contributed by atoms with Gasteiger partial charge in [-0.1, -0.05) is 0 Å². The van der Waals surface area contributed by atoms with E-state index in [-0.39, 0.29) is 11.3 Å². The van der Waals surface area contributed by atoms with Crippen molar-refractivity contribution < 1.29 is 4.79 Å². The van der Waals surface area contributed by atoms with Crippen molar-refractivity contribution in [3.05, 3.63) is 18.0 Å². The Kier molecular flexibility index (Phi) is 2.76. The van der Waals surface area contributed by atoms with Crippen LogP contribution in [0.25, 0.3) is 0 Å². The average molecular weight is 195 g/mol. The molecule has 0 aliphatic heterocycles. The molecule has 1 rings (SSSR count). The zero-order chi connectivity index (χ0) is 10.9. The Morgan fingerprint density at radius 1 is 1.57 bits per heavy atom. The fourth-order valence-electron chi connectivity index (χ4n) is 1.08. The van der Waals surface area contributed by atoms with E-state index in [1.807, 2.05) is 20.8 Å². The lowest BCUT2D eigenvalue weighted by Gasteiger charge is -2.18. The SMILES string of the molecule is CC(N)C(=O)c1cnn(C(C)(C)C)c1. The molecule has 78 valence electrons. The number of nitrogens with two attached hydrogens (primary N) is 1. The number of nitrogens with zero attached hydrogens (tertiary/aromatic N) is 2. The second-order valence-electron chi connectivity index (χ2n) is 4.50. The highest BCUT2D eigenvalue weighted by Gasteiger charge is 2.18. The fraction of sp³-hybridized carbons (Fsp3) is 0.600. The topological polar surface area (TPSA) is 60.9 Å². The Morgan fingerprint density at radius 3 is 2.50 bits per heavy atom. The highest BCUT2D eigenvalue weighted by molar-refractivity contribution is 5.99. The molecule has 0 saturated carbocycles. The molecule has 0 spiro atoms. The molecule has 0 saturated heterocycles. The summed E-state index contributed by atoms with van der Waals surface area (Å²) < 4.78 is 1.77. The molecule has 0 bridgehead atoms. The molecule has 0 fully saturated rings. The summed E-state index contributed by atoms with van der Waals surface area (Å²) in [4.78, 5) is 11.5. The van der Waals surface area contributed by atoms with E-state index < -0.39 is 6.04 Å². The van der Waals surface area contributed by atoms with Crippen LogP contribution in [-0.2, 0) is 5.54 Å². The molecular weight excluding hydrogens is 178 g/mol. The van der Waals surface area contributed by atoms with Crippen LogP contribution in [0.1, 0.15) is 38.1 Å². The first-order chi connectivity index (χ1) is 6.32. The lowest BCUT2D eigenvalue weighted by atomic mass is 10.1.